The maximum atomic E-state index is 13.5. The highest BCUT2D eigenvalue weighted by Crippen LogP contribution is 2.40. The summed E-state index contributed by atoms with van der Waals surface area (Å²) in [6, 6.07) is 17.3. The van der Waals surface area contributed by atoms with Crippen LogP contribution in [0.15, 0.2) is 66.9 Å². The van der Waals surface area contributed by atoms with Crippen molar-refractivity contribution in [2.24, 2.45) is 0 Å². The molecule has 35 heavy (non-hydrogen) atoms. The zero-order chi connectivity index (χ0) is 23.9. The number of aromatic carboxylic acids is 1. The number of hydrogen-bond donors (Lipinski definition) is 2. The zero-order valence-corrected chi connectivity index (χ0v) is 18.9. The van der Waals surface area contributed by atoms with E-state index in [1.807, 2.05) is 29.2 Å². The Hall–Kier alpha value is -4.39. The maximum Gasteiger partial charge on any atom is 0.337 e. The lowest BCUT2D eigenvalue weighted by Gasteiger charge is -2.36. The standard InChI is InChI=1S/C28H23N3O4/c32-25(10-8-20-7-5-19(16-29-20)28(33)34)31-13-11-22-21-3-1-2-4-23(21)30-26(22)27(31)18-6-9-24-17(15-18)12-14-35-24/h1-10,15-16,27,30H,11-14H2,(H,33,34)/t27-/m1/s1. The first-order valence-electron chi connectivity index (χ1n) is 11.6. The van der Waals surface area contributed by atoms with Crippen molar-refractivity contribution >= 4 is 28.9 Å². The van der Waals surface area contributed by atoms with Gasteiger partial charge in [-0.25, -0.2) is 4.79 Å². The quantitative estimate of drug-likeness (QED) is 0.436. The maximum absolute atomic E-state index is 13.5. The first-order valence-corrected chi connectivity index (χ1v) is 11.6. The van der Waals surface area contributed by atoms with Crippen LogP contribution in [0.3, 0.4) is 0 Å². The molecule has 2 N–H and O–H groups in total. The summed E-state index contributed by atoms with van der Waals surface area (Å²) in [7, 11) is 0. The number of carbonyl (C=O) groups excluding carboxylic acids is 1. The van der Waals surface area contributed by atoms with Crippen LogP contribution in [-0.4, -0.2) is 45.0 Å². The molecule has 4 aromatic rings. The summed E-state index contributed by atoms with van der Waals surface area (Å²) in [6.45, 7) is 1.27. The van der Waals surface area contributed by atoms with Crippen LogP contribution in [0.4, 0.5) is 0 Å². The van der Waals surface area contributed by atoms with E-state index in [4.69, 9.17) is 9.84 Å². The highest BCUT2D eigenvalue weighted by molar-refractivity contribution is 5.93. The Morgan fingerprint density at radius 1 is 1.11 bits per heavy atom. The minimum Gasteiger partial charge on any atom is -0.493 e. The number of rotatable bonds is 4. The molecule has 4 heterocycles. The number of H-pyrrole nitrogens is 1. The number of fused-ring (bicyclic) bond motifs is 4. The van der Waals surface area contributed by atoms with Crippen molar-refractivity contribution in [3.8, 4) is 5.75 Å². The van der Waals surface area contributed by atoms with Crippen LogP contribution in [0.5, 0.6) is 5.75 Å². The SMILES string of the molecule is O=C(O)c1ccc(C=CC(=O)N2CCc3c([nH]c4ccccc34)[C@H]2c2ccc3c(c2)CCO3)nc1. The second-order valence-corrected chi connectivity index (χ2v) is 8.82. The van der Waals surface area contributed by atoms with Gasteiger partial charge >= 0.3 is 5.97 Å². The van der Waals surface area contributed by atoms with Gasteiger partial charge in [-0.1, -0.05) is 24.3 Å². The summed E-state index contributed by atoms with van der Waals surface area (Å²) in [6.07, 6.45) is 6.05. The number of nitrogens with zero attached hydrogens (tertiary/aromatic N) is 2. The number of pyridine rings is 1. The highest BCUT2D eigenvalue weighted by Gasteiger charge is 2.34. The molecule has 174 valence electrons. The summed E-state index contributed by atoms with van der Waals surface area (Å²) in [5, 5.41) is 10.3. The van der Waals surface area contributed by atoms with Crippen molar-refractivity contribution in [3.05, 3.63) is 101 Å². The topological polar surface area (TPSA) is 95.5 Å². The van der Waals surface area contributed by atoms with Crippen LogP contribution in [0, 0.1) is 0 Å². The second kappa shape index (κ2) is 8.43. The monoisotopic (exact) mass is 465 g/mol. The lowest BCUT2D eigenvalue weighted by Crippen LogP contribution is -2.39. The number of nitrogens with one attached hydrogen (secondary N) is 1. The van der Waals surface area contributed by atoms with Gasteiger partial charge in [0.25, 0.3) is 0 Å². The summed E-state index contributed by atoms with van der Waals surface area (Å²) in [4.78, 5) is 34.1. The van der Waals surface area contributed by atoms with Gasteiger partial charge in [-0.2, -0.15) is 0 Å². The average molecular weight is 466 g/mol. The van der Waals surface area contributed by atoms with E-state index in [-0.39, 0.29) is 17.5 Å². The minimum atomic E-state index is -1.03. The predicted octanol–water partition coefficient (Wildman–Crippen LogP) is 4.38. The van der Waals surface area contributed by atoms with Crippen molar-refractivity contribution in [3.63, 3.8) is 0 Å². The molecule has 0 aliphatic carbocycles. The molecule has 7 heteroatoms. The Labute approximate surface area is 201 Å². The Morgan fingerprint density at radius 2 is 2.00 bits per heavy atom. The van der Waals surface area contributed by atoms with E-state index in [1.54, 1.807) is 12.1 Å². The fraction of sp³-hybridized carbons (Fsp3) is 0.179. The number of carboxylic acids is 1. The van der Waals surface area contributed by atoms with Crippen LogP contribution >= 0.6 is 0 Å². The van der Waals surface area contributed by atoms with E-state index in [1.165, 1.54) is 29.3 Å². The number of carbonyl (C=O) groups is 2. The van der Waals surface area contributed by atoms with Crippen LogP contribution in [-0.2, 0) is 17.6 Å². The molecule has 7 nitrogen and oxygen atoms in total. The highest BCUT2D eigenvalue weighted by atomic mass is 16.5. The third-order valence-electron chi connectivity index (χ3n) is 6.78. The van der Waals surface area contributed by atoms with Crippen molar-refractivity contribution < 1.29 is 19.4 Å². The smallest absolute Gasteiger partial charge is 0.337 e. The molecule has 0 fully saturated rings. The molecule has 6 rings (SSSR count). The molecule has 0 unspecified atom stereocenters. The molecular formula is C28H23N3O4. The number of ether oxygens (including phenoxy) is 1. The van der Waals surface area contributed by atoms with E-state index in [2.05, 4.69) is 28.2 Å². The molecule has 0 radical (unpaired) electrons. The molecule has 2 aromatic heterocycles. The first kappa shape index (κ1) is 21.2. The minimum absolute atomic E-state index is 0.108. The van der Waals surface area contributed by atoms with Crippen molar-refractivity contribution in [1.82, 2.24) is 14.9 Å². The molecule has 0 spiro atoms. The van der Waals surface area contributed by atoms with Crippen molar-refractivity contribution in [2.75, 3.05) is 13.2 Å². The van der Waals surface area contributed by atoms with Crippen molar-refractivity contribution in [2.45, 2.75) is 18.9 Å². The van der Waals surface area contributed by atoms with E-state index < -0.39 is 5.97 Å². The summed E-state index contributed by atoms with van der Waals surface area (Å²) in [5.41, 5.74) is 6.21. The molecule has 0 saturated carbocycles. The fourth-order valence-corrected chi connectivity index (χ4v) is 5.08. The predicted molar refractivity (Wildman–Crippen MR) is 131 cm³/mol. The number of aromatic amines is 1. The van der Waals surface area contributed by atoms with Gasteiger partial charge in [-0.15, -0.1) is 0 Å². The normalized spacial score (nSPS) is 16.8. The fourth-order valence-electron chi connectivity index (χ4n) is 5.08. The molecule has 1 amide bonds. The molecule has 2 aliphatic rings. The zero-order valence-electron chi connectivity index (χ0n) is 18.9. The Bertz CT molecular complexity index is 1490. The lowest BCUT2D eigenvalue weighted by molar-refractivity contribution is -0.128. The first-order chi connectivity index (χ1) is 17.1. The van der Waals surface area contributed by atoms with E-state index in [0.29, 0.717) is 18.8 Å². The van der Waals surface area contributed by atoms with E-state index in [0.717, 1.165) is 40.9 Å². The molecule has 0 bridgehead atoms. The van der Waals surface area contributed by atoms with Crippen LogP contribution in [0.2, 0.25) is 0 Å². The van der Waals surface area contributed by atoms with Crippen LogP contribution in [0.1, 0.15) is 44.5 Å². The van der Waals surface area contributed by atoms with Crippen LogP contribution < -0.4 is 4.74 Å². The van der Waals surface area contributed by atoms with Gasteiger partial charge in [0.15, 0.2) is 0 Å². The summed E-state index contributed by atoms with van der Waals surface area (Å²) >= 11 is 0. The van der Waals surface area contributed by atoms with Gasteiger partial charge in [-0.05, 0) is 59.5 Å². The van der Waals surface area contributed by atoms with Crippen LogP contribution in [0.25, 0.3) is 17.0 Å². The molecule has 2 aliphatic heterocycles. The number of benzene rings is 2. The number of aromatic nitrogens is 2. The third kappa shape index (κ3) is 3.75. The third-order valence-corrected chi connectivity index (χ3v) is 6.78. The Morgan fingerprint density at radius 3 is 2.83 bits per heavy atom. The largest absolute Gasteiger partial charge is 0.493 e. The average Bonchev–Trinajstić information content (AvgIpc) is 3.51. The van der Waals surface area contributed by atoms with Gasteiger partial charge in [0.1, 0.15) is 5.75 Å². The number of carboxylic acid groups (broad SMARTS) is 1. The molecular weight excluding hydrogens is 442 g/mol. The summed E-state index contributed by atoms with van der Waals surface area (Å²) in [5.74, 6) is -0.246. The van der Waals surface area contributed by atoms with Gasteiger partial charge < -0.3 is 19.7 Å². The van der Waals surface area contributed by atoms with E-state index >= 15 is 0 Å². The Kier molecular flexibility index (Phi) is 5.10. The van der Waals surface area contributed by atoms with E-state index in [9.17, 15) is 9.59 Å². The summed E-state index contributed by atoms with van der Waals surface area (Å²) < 4.78 is 5.70. The molecule has 0 saturated heterocycles. The van der Waals surface area contributed by atoms with Gasteiger partial charge in [0.2, 0.25) is 5.91 Å². The number of para-hydroxylation sites is 1. The van der Waals surface area contributed by atoms with Gasteiger partial charge in [0.05, 0.1) is 23.9 Å². The van der Waals surface area contributed by atoms with Gasteiger partial charge in [0, 0.05) is 41.8 Å². The van der Waals surface area contributed by atoms with Gasteiger partial charge in [-0.3, -0.25) is 9.78 Å². The number of amides is 1. The lowest BCUT2D eigenvalue weighted by atomic mass is 9.91. The number of hydrogen-bond acceptors (Lipinski definition) is 4. The molecule has 1 atom stereocenters. The Balaban J connectivity index is 1.38. The molecule has 2 aromatic carbocycles. The second-order valence-electron chi connectivity index (χ2n) is 8.82. The van der Waals surface area contributed by atoms with Crippen molar-refractivity contribution in [1.29, 1.82) is 0 Å².